The van der Waals surface area contributed by atoms with Crippen molar-refractivity contribution in [1.82, 2.24) is 0 Å². The minimum atomic E-state index is -0.849. The molecule has 0 aliphatic carbocycles. The molecule has 39 heavy (non-hydrogen) atoms. The molecule has 4 aliphatic heterocycles. The second-order valence-electron chi connectivity index (χ2n) is 14.0. The van der Waals surface area contributed by atoms with Gasteiger partial charge >= 0.3 is 5.97 Å². The summed E-state index contributed by atoms with van der Waals surface area (Å²) in [5.74, 6) is -0.207. The van der Waals surface area contributed by atoms with Crippen LogP contribution in [0.3, 0.4) is 0 Å². The number of fused-ring (bicyclic) bond motifs is 2. The molecule has 0 bridgehead atoms. The maximum absolute atomic E-state index is 12.1. The van der Waals surface area contributed by atoms with Crippen LogP contribution in [0.4, 0.5) is 0 Å². The van der Waals surface area contributed by atoms with Gasteiger partial charge in [0.25, 0.3) is 0 Å². The second-order valence-corrected chi connectivity index (χ2v) is 14.0. The molecule has 4 fully saturated rings. The molecule has 4 rings (SSSR count). The Labute approximate surface area is 234 Å². The van der Waals surface area contributed by atoms with Crippen LogP contribution in [-0.4, -0.2) is 91.1 Å². The van der Waals surface area contributed by atoms with Crippen molar-refractivity contribution in [3.63, 3.8) is 0 Å². The zero-order valence-corrected chi connectivity index (χ0v) is 25.4. The molecule has 0 aromatic rings. The highest BCUT2D eigenvalue weighted by Crippen LogP contribution is 2.43. The number of aliphatic hydroxyl groups is 1. The molecule has 0 spiro atoms. The smallest absolute Gasteiger partial charge is 0.311 e. The van der Waals surface area contributed by atoms with E-state index in [1.54, 1.807) is 0 Å². The highest BCUT2D eigenvalue weighted by molar-refractivity contribution is 5.75. The van der Waals surface area contributed by atoms with Crippen LogP contribution < -0.4 is 0 Å². The number of carbonyl (C=O) groups is 1. The second kappa shape index (κ2) is 12.2. The maximum atomic E-state index is 12.1. The zero-order chi connectivity index (χ0) is 28.7. The van der Waals surface area contributed by atoms with Gasteiger partial charge in [-0.15, -0.1) is 0 Å². The lowest BCUT2D eigenvalue weighted by Crippen LogP contribution is -2.61. The summed E-state index contributed by atoms with van der Waals surface area (Å²) in [4.78, 5) is 12.1. The van der Waals surface area contributed by atoms with Crippen LogP contribution in [0.5, 0.6) is 0 Å². The Kier molecular flexibility index (Phi) is 9.74. The van der Waals surface area contributed by atoms with Gasteiger partial charge in [0.15, 0.2) is 5.79 Å². The van der Waals surface area contributed by atoms with E-state index in [4.69, 9.17) is 33.2 Å². The summed E-state index contributed by atoms with van der Waals surface area (Å²) < 4.78 is 43.6. The molecule has 0 aromatic heterocycles. The highest BCUT2D eigenvalue weighted by Gasteiger charge is 2.58. The van der Waals surface area contributed by atoms with Crippen LogP contribution >= 0.6 is 0 Å². The van der Waals surface area contributed by atoms with Crippen molar-refractivity contribution in [2.75, 3.05) is 13.2 Å². The van der Waals surface area contributed by atoms with E-state index in [2.05, 4.69) is 27.7 Å². The van der Waals surface area contributed by atoms with Gasteiger partial charge in [0.1, 0.15) is 30.5 Å². The van der Waals surface area contributed by atoms with Crippen LogP contribution in [0.2, 0.25) is 0 Å². The quantitative estimate of drug-likeness (QED) is 0.422. The molecule has 1 N–H and O–H groups in total. The van der Waals surface area contributed by atoms with Crippen molar-refractivity contribution < 1.29 is 43.1 Å². The molecule has 0 unspecified atom stereocenters. The number of aliphatic hydroxyl groups excluding tert-OH is 1. The number of carbonyl (C=O) groups excluding carboxylic acids is 1. The van der Waals surface area contributed by atoms with Crippen molar-refractivity contribution in [2.45, 2.75) is 155 Å². The average molecular weight is 557 g/mol. The van der Waals surface area contributed by atoms with Gasteiger partial charge in [0, 0.05) is 12.8 Å². The molecule has 0 radical (unpaired) electrons. The van der Waals surface area contributed by atoms with Gasteiger partial charge in [-0.1, -0.05) is 27.7 Å². The predicted octanol–water partition coefficient (Wildman–Crippen LogP) is 4.02. The van der Waals surface area contributed by atoms with E-state index in [0.29, 0.717) is 37.9 Å². The van der Waals surface area contributed by atoms with Crippen LogP contribution in [0.25, 0.3) is 0 Å². The Hall–Kier alpha value is -0.810. The molecule has 226 valence electrons. The summed E-state index contributed by atoms with van der Waals surface area (Å²) in [6, 6.07) is 0. The Morgan fingerprint density at radius 1 is 0.974 bits per heavy atom. The minimum absolute atomic E-state index is 0.0262. The first kappa shape index (κ1) is 31.1. The van der Waals surface area contributed by atoms with Crippen molar-refractivity contribution in [3.8, 4) is 0 Å². The van der Waals surface area contributed by atoms with Crippen LogP contribution in [0.15, 0.2) is 0 Å². The number of rotatable bonds is 9. The lowest BCUT2D eigenvalue weighted by atomic mass is 9.87. The third-order valence-corrected chi connectivity index (χ3v) is 8.32. The van der Waals surface area contributed by atoms with E-state index in [0.717, 1.165) is 12.8 Å². The van der Waals surface area contributed by atoms with Gasteiger partial charge in [0.05, 0.1) is 49.1 Å². The van der Waals surface area contributed by atoms with E-state index in [9.17, 15) is 9.90 Å². The van der Waals surface area contributed by atoms with Crippen LogP contribution in [0, 0.1) is 17.3 Å². The molecule has 0 amide bonds. The fraction of sp³-hybridized carbons (Fsp3) is 0.967. The fourth-order valence-electron chi connectivity index (χ4n) is 6.38. The summed E-state index contributed by atoms with van der Waals surface area (Å²) in [7, 11) is 0. The fourth-order valence-corrected chi connectivity index (χ4v) is 6.38. The molecule has 9 atom stereocenters. The Morgan fingerprint density at radius 3 is 2.26 bits per heavy atom. The largest absolute Gasteiger partial charge is 0.465 e. The predicted molar refractivity (Wildman–Crippen MR) is 144 cm³/mol. The topological polar surface area (TPSA) is 102 Å². The highest BCUT2D eigenvalue weighted by atomic mass is 16.7. The van der Waals surface area contributed by atoms with Gasteiger partial charge in [-0.3, -0.25) is 4.79 Å². The summed E-state index contributed by atoms with van der Waals surface area (Å²) in [5, 5.41) is 11.5. The first-order valence-electron chi connectivity index (χ1n) is 14.9. The Balaban J connectivity index is 1.43. The lowest BCUT2D eigenvalue weighted by molar-refractivity contribution is -0.263. The van der Waals surface area contributed by atoms with Crippen molar-refractivity contribution in [3.05, 3.63) is 0 Å². The lowest BCUT2D eigenvalue weighted by Gasteiger charge is -2.47. The normalized spacial score (nSPS) is 38.3. The van der Waals surface area contributed by atoms with E-state index < -0.39 is 35.6 Å². The van der Waals surface area contributed by atoms with Gasteiger partial charge < -0.3 is 38.3 Å². The third kappa shape index (κ3) is 7.34. The molecule has 4 heterocycles. The SMILES string of the molecule is CC(C)C(O[C@@H]1[C@@H]2O[C@H]3CC[C@H](CCOC(=O)C(C)(C)C)O[C@@H]3[C@H](O)[C@@H]2O[C@@H]1C[C@@H]1COC(C)(C)O1)C(C)C. The third-order valence-electron chi connectivity index (χ3n) is 8.32. The number of hydrogen-bond donors (Lipinski definition) is 1. The number of esters is 1. The van der Waals surface area contributed by atoms with Crippen LogP contribution in [0.1, 0.15) is 88.0 Å². The van der Waals surface area contributed by atoms with Crippen LogP contribution in [-0.2, 0) is 38.0 Å². The van der Waals surface area contributed by atoms with Gasteiger partial charge in [-0.25, -0.2) is 0 Å². The first-order chi connectivity index (χ1) is 18.2. The Bertz CT molecular complexity index is 814. The van der Waals surface area contributed by atoms with Gasteiger partial charge in [-0.2, -0.15) is 0 Å². The first-order valence-corrected chi connectivity index (χ1v) is 14.9. The number of ether oxygens (including phenoxy) is 7. The molecule has 4 saturated heterocycles. The molecular formula is C30H52O9. The molecule has 9 heteroatoms. The number of hydrogen-bond acceptors (Lipinski definition) is 9. The maximum Gasteiger partial charge on any atom is 0.311 e. The van der Waals surface area contributed by atoms with E-state index in [1.165, 1.54) is 0 Å². The van der Waals surface area contributed by atoms with E-state index in [1.807, 2.05) is 34.6 Å². The van der Waals surface area contributed by atoms with Crippen molar-refractivity contribution in [1.29, 1.82) is 0 Å². The van der Waals surface area contributed by atoms with Crippen molar-refractivity contribution in [2.24, 2.45) is 17.3 Å². The standard InChI is InChI=1S/C30H52O9/c1-16(2)23(17(3)4)38-25-21(14-19-15-34-30(8,9)39-19)37-26-22(31)24-20(36-27(25)26)11-10-18(35-24)12-13-33-28(32)29(5,6)7/h16-27,31H,10-15H2,1-9H3/t18-,19-,20+,21-,22+,24+,25+,26+,27+/m1/s1. The zero-order valence-electron chi connectivity index (χ0n) is 25.4. The Morgan fingerprint density at radius 2 is 1.67 bits per heavy atom. The average Bonchev–Trinajstić information content (AvgIpc) is 3.35. The monoisotopic (exact) mass is 556 g/mol. The van der Waals surface area contributed by atoms with E-state index >= 15 is 0 Å². The molecule has 4 aliphatic rings. The molecule has 9 nitrogen and oxygen atoms in total. The summed E-state index contributed by atoms with van der Waals surface area (Å²) >= 11 is 0. The summed E-state index contributed by atoms with van der Waals surface area (Å²) in [6.07, 6.45) is -0.684. The molecule has 0 saturated carbocycles. The van der Waals surface area contributed by atoms with Crippen molar-refractivity contribution >= 4 is 5.97 Å². The molecule has 0 aromatic carbocycles. The minimum Gasteiger partial charge on any atom is -0.465 e. The van der Waals surface area contributed by atoms with E-state index in [-0.39, 0.29) is 42.6 Å². The summed E-state index contributed by atoms with van der Waals surface area (Å²) in [5.41, 5.74) is -0.536. The summed E-state index contributed by atoms with van der Waals surface area (Å²) in [6.45, 7) is 18.8. The molecular weight excluding hydrogens is 504 g/mol. The van der Waals surface area contributed by atoms with Gasteiger partial charge in [0.2, 0.25) is 0 Å². The van der Waals surface area contributed by atoms with Gasteiger partial charge in [-0.05, 0) is 59.3 Å².